The molecule has 0 aliphatic carbocycles. The van der Waals surface area contributed by atoms with E-state index in [9.17, 15) is 4.79 Å². The Morgan fingerprint density at radius 1 is 0.972 bits per heavy atom. The molecular formula is C25H25N5O6. The summed E-state index contributed by atoms with van der Waals surface area (Å²) in [6, 6.07) is 12.7. The van der Waals surface area contributed by atoms with E-state index in [0.717, 1.165) is 11.1 Å². The van der Waals surface area contributed by atoms with E-state index in [-0.39, 0.29) is 11.8 Å². The lowest BCUT2D eigenvalue weighted by Crippen LogP contribution is -2.48. The zero-order valence-electron chi connectivity index (χ0n) is 20.3. The van der Waals surface area contributed by atoms with Gasteiger partial charge in [-0.05, 0) is 30.3 Å². The first-order valence-electron chi connectivity index (χ1n) is 11.2. The number of hydrogen-bond donors (Lipinski definition) is 1. The molecule has 2 aromatic heterocycles. The molecule has 0 bridgehead atoms. The molecule has 1 aliphatic heterocycles. The van der Waals surface area contributed by atoms with Crippen LogP contribution in [0.1, 0.15) is 22.3 Å². The van der Waals surface area contributed by atoms with Gasteiger partial charge in [0.1, 0.15) is 11.4 Å². The summed E-state index contributed by atoms with van der Waals surface area (Å²) in [7, 11) is 6.23. The minimum absolute atomic E-state index is 0.0394. The highest BCUT2D eigenvalue weighted by molar-refractivity contribution is 5.94. The molecule has 11 nitrogen and oxygen atoms in total. The summed E-state index contributed by atoms with van der Waals surface area (Å²) in [6.45, 7) is 0.926. The van der Waals surface area contributed by atoms with Crippen LogP contribution >= 0.6 is 0 Å². The monoisotopic (exact) mass is 491 g/mol. The third-order valence-corrected chi connectivity index (χ3v) is 6.08. The second-order valence-electron chi connectivity index (χ2n) is 8.14. The van der Waals surface area contributed by atoms with Gasteiger partial charge >= 0.3 is 0 Å². The number of hydrogen-bond acceptors (Lipinski definition) is 9. The van der Waals surface area contributed by atoms with Gasteiger partial charge in [0.05, 0.1) is 45.6 Å². The van der Waals surface area contributed by atoms with Crippen molar-refractivity contribution in [3.8, 4) is 45.6 Å². The minimum Gasteiger partial charge on any atom is -0.496 e. The van der Waals surface area contributed by atoms with Gasteiger partial charge in [-0.1, -0.05) is 17.3 Å². The number of amides is 1. The maximum absolute atomic E-state index is 13.0. The summed E-state index contributed by atoms with van der Waals surface area (Å²) in [5.74, 6) is 2.89. The van der Waals surface area contributed by atoms with Crippen LogP contribution in [0.3, 0.4) is 0 Å². The van der Waals surface area contributed by atoms with E-state index in [1.807, 2.05) is 24.3 Å². The third-order valence-electron chi connectivity index (χ3n) is 6.08. The molecule has 1 N–H and O–H groups in total. The second kappa shape index (κ2) is 9.61. The van der Waals surface area contributed by atoms with Gasteiger partial charge in [0.15, 0.2) is 11.5 Å². The number of aromatic amines is 1. The first-order valence-corrected chi connectivity index (χ1v) is 11.2. The van der Waals surface area contributed by atoms with Crippen LogP contribution in [0.15, 0.2) is 47.0 Å². The Bertz CT molecular complexity index is 1370. The zero-order valence-corrected chi connectivity index (χ0v) is 20.3. The number of nitrogens with zero attached hydrogens (tertiary/aromatic N) is 4. The SMILES string of the molecule is COc1ccccc1-c1noc(C2CN(C(=O)c3cc(-c4cc(OC)c(OC)c(OC)c4)n[nH]3)C2)n1. The third kappa shape index (κ3) is 4.08. The molecule has 0 unspecified atom stereocenters. The highest BCUT2D eigenvalue weighted by Crippen LogP contribution is 2.41. The van der Waals surface area contributed by atoms with Crippen LogP contribution in [0, 0.1) is 0 Å². The van der Waals surface area contributed by atoms with Crippen molar-refractivity contribution in [2.75, 3.05) is 41.5 Å². The number of rotatable bonds is 8. The van der Waals surface area contributed by atoms with Crippen LogP contribution in [0.5, 0.6) is 23.0 Å². The van der Waals surface area contributed by atoms with E-state index in [0.29, 0.717) is 59.2 Å². The molecule has 0 atom stereocenters. The van der Waals surface area contributed by atoms with Crippen molar-refractivity contribution in [2.45, 2.75) is 5.92 Å². The number of likely N-dealkylation sites (tertiary alicyclic amines) is 1. The van der Waals surface area contributed by atoms with Crippen LogP contribution in [-0.4, -0.2) is 72.7 Å². The van der Waals surface area contributed by atoms with E-state index >= 15 is 0 Å². The minimum atomic E-state index is -0.165. The van der Waals surface area contributed by atoms with E-state index in [2.05, 4.69) is 20.3 Å². The Morgan fingerprint density at radius 2 is 1.67 bits per heavy atom. The molecule has 1 amide bonds. The lowest BCUT2D eigenvalue weighted by molar-refractivity contribution is 0.0563. The van der Waals surface area contributed by atoms with Crippen molar-refractivity contribution >= 4 is 5.91 Å². The quantitative estimate of drug-likeness (QED) is 0.395. The second-order valence-corrected chi connectivity index (χ2v) is 8.14. The fourth-order valence-corrected chi connectivity index (χ4v) is 4.12. The van der Waals surface area contributed by atoms with Crippen molar-refractivity contribution in [1.29, 1.82) is 0 Å². The van der Waals surface area contributed by atoms with Crippen molar-refractivity contribution in [1.82, 2.24) is 25.2 Å². The number of H-pyrrole nitrogens is 1. The summed E-state index contributed by atoms with van der Waals surface area (Å²) in [5, 5.41) is 11.2. The Balaban J connectivity index is 1.27. The predicted molar refractivity (Wildman–Crippen MR) is 129 cm³/mol. The molecule has 1 fully saturated rings. The number of para-hydroxylation sites is 1. The molecule has 0 spiro atoms. The largest absolute Gasteiger partial charge is 0.496 e. The van der Waals surface area contributed by atoms with Gasteiger partial charge in [-0.15, -0.1) is 0 Å². The lowest BCUT2D eigenvalue weighted by atomic mass is 9.99. The Labute approximate surface area is 206 Å². The van der Waals surface area contributed by atoms with Gasteiger partial charge in [0, 0.05) is 18.7 Å². The van der Waals surface area contributed by atoms with Crippen LogP contribution in [0.25, 0.3) is 22.6 Å². The molecule has 1 saturated heterocycles. The summed E-state index contributed by atoms with van der Waals surface area (Å²) in [4.78, 5) is 19.2. The first-order chi connectivity index (χ1) is 17.6. The first kappa shape index (κ1) is 23.2. The van der Waals surface area contributed by atoms with E-state index in [1.54, 1.807) is 51.5 Å². The number of carbonyl (C=O) groups is 1. The van der Waals surface area contributed by atoms with Gasteiger partial charge in [-0.3, -0.25) is 9.89 Å². The van der Waals surface area contributed by atoms with Gasteiger partial charge in [-0.25, -0.2) is 0 Å². The van der Waals surface area contributed by atoms with Gasteiger partial charge in [0.25, 0.3) is 5.91 Å². The number of benzene rings is 2. The zero-order chi connectivity index (χ0) is 25.2. The number of aromatic nitrogens is 4. The molecule has 36 heavy (non-hydrogen) atoms. The molecule has 5 rings (SSSR count). The van der Waals surface area contributed by atoms with Crippen molar-refractivity contribution < 1.29 is 28.3 Å². The maximum Gasteiger partial charge on any atom is 0.271 e. The van der Waals surface area contributed by atoms with Crippen molar-refractivity contribution in [3.05, 3.63) is 54.0 Å². The molecular weight excluding hydrogens is 466 g/mol. The van der Waals surface area contributed by atoms with Crippen LogP contribution in [0.4, 0.5) is 0 Å². The molecule has 1 aliphatic rings. The fraction of sp³-hybridized carbons (Fsp3) is 0.280. The summed E-state index contributed by atoms with van der Waals surface area (Å²) in [6.07, 6.45) is 0. The molecule has 3 heterocycles. The average Bonchev–Trinajstić information content (AvgIpc) is 3.57. The summed E-state index contributed by atoms with van der Waals surface area (Å²) >= 11 is 0. The van der Waals surface area contributed by atoms with Crippen LogP contribution in [-0.2, 0) is 0 Å². The Kier molecular flexibility index (Phi) is 6.19. The van der Waals surface area contributed by atoms with E-state index in [4.69, 9.17) is 23.5 Å². The number of methoxy groups -OCH3 is 4. The van der Waals surface area contributed by atoms with Crippen molar-refractivity contribution in [3.63, 3.8) is 0 Å². The topological polar surface area (TPSA) is 125 Å². The van der Waals surface area contributed by atoms with Crippen LogP contribution in [0.2, 0.25) is 0 Å². The average molecular weight is 492 g/mol. The van der Waals surface area contributed by atoms with Gasteiger partial charge in [-0.2, -0.15) is 10.1 Å². The number of nitrogens with one attached hydrogen (secondary N) is 1. The van der Waals surface area contributed by atoms with Crippen molar-refractivity contribution in [2.24, 2.45) is 0 Å². The molecule has 11 heteroatoms. The highest BCUT2D eigenvalue weighted by atomic mass is 16.5. The molecule has 2 aromatic carbocycles. The normalized spacial score (nSPS) is 13.3. The molecule has 4 aromatic rings. The highest BCUT2D eigenvalue weighted by Gasteiger charge is 2.37. The molecule has 0 radical (unpaired) electrons. The smallest absolute Gasteiger partial charge is 0.271 e. The number of carbonyl (C=O) groups excluding carboxylic acids is 1. The Hall–Kier alpha value is -4.54. The molecule has 186 valence electrons. The Morgan fingerprint density at radius 3 is 2.33 bits per heavy atom. The fourth-order valence-electron chi connectivity index (χ4n) is 4.12. The van der Waals surface area contributed by atoms with E-state index in [1.165, 1.54) is 0 Å². The standard InChI is InChI=1S/C25H25N5O6/c1-32-19-8-6-5-7-16(19)23-26-24(36-29-23)15-12-30(13-15)25(31)18-11-17(27-28-18)14-9-20(33-2)22(35-4)21(10-14)34-3/h5-11,15H,12-13H2,1-4H3,(H,27,28). The number of ether oxygens (including phenoxy) is 4. The lowest BCUT2D eigenvalue weighted by Gasteiger charge is -2.36. The maximum atomic E-state index is 13.0. The van der Waals surface area contributed by atoms with Gasteiger partial charge < -0.3 is 28.4 Å². The van der Waals surface area contributed by atoms with E-state index < -0.39 is 0 Å². The summed E-state index contributed by atoms with van der Waals surface area (Å²) < 4.78 is 27.0. The summed E-state index contributed by atoms with van der Waals surface area (Å²) in [5.41, 5.74) is 2.42. The molecule has 0 saturated carbocycles. The van der Waals surface area contributed by atoms with Gasteiger partial charge in [0.2, 0.25) is 17.5 Å². The van der Waals surface area contributed by atoms with Crippen LogP contribution < -0.4 is 18.9 Å². The predicted octanol–water partition coefficient (Wildman–Crippen LogP) is 3.40.